The third-order valence-corrected chi connectivity index (χ3v) is 5.20. The minimum Gasteiger partial charge on any atom is -0.454 e. The topological polar surface area (TPSA) is 56.9 Å². The van der Waals surface area contributed by atoms with E-state index in [0.29, 0.717) is 5.89 Å². The lowest BCUT2D eigenvalue weighted by atomic mass is 10.1. The van der Waals surface area contributed by atoms with Gasteiger partial charge in [-0.2, -0.15) is 0 Å². The highest BCUT2D eigenvalue weighted by atomic mass is 79.9. The summed E-state index contributed by atoms with van der Waals surface area (Å²) in [5.41, 5.74) is 5.36. The maximum Gasteiger partial charge on any atom is 0.231 e. The van der Waals surface area contributed by atoms with Crippen molar-refractivity contribution in [1.82, 2.24) is 4.98 Å². The SMILES string of the molecule is Cc1ccc(-c2nc3cc(N=Cc4cc5c(cc4Br)OCO5)ccc3o2)cc1. The molecule has 6 heteroatoms. The highest BCUT2D eigenvalue weighted by Crippen LogP contribution is 2.36. The normalized spacial score (nSPS) is 12.9. The molecule has 3 aromatic carbocycles. The van der Waals surface area contributed by atoms with E-state index in [4.69, 9.17) is 13.9 Å². The number of oxazole rings is 1. The van der Waals surface area contributed by atoms with E-state index in [2.05, 4.69) is 32.8 Å². The van der Waals surface area contributed by atoms with E-state index in [1.54, 1.807) is 6.21 Å². The number of hydrogen-bond acceptors (Lipinski definition) is 5. The van der Waals surface area contributed by atoms with Crippen molar-refractivity contribution in [2.24, 2.45) is 4.99 Å². The average Bonchev–Trinajstić information content (AvgIpc) is 3.32. The molecular formula is C22H15BrN2O3. The second-order valence-corrected chi connectivity index (χ2v) is 7.38. The van der Waals surface area contributed by atoms with Gasteiger partial charge < -0.3 is 13.9 Å². The Morgan fingerprint density at radius 3 is 2.61 bits per heavy atom. The van der Waals surface area contributed by atoms with Crippen LogP contribution in [0.1, 0.15) is 11.1 Å². The molecule has 0 N–H and O–H groups in total. The number of aromatic nitrogens is 1. The van der Waals surface area contributed by atoms with Crippen molar-refractivity contribution in [2.75, 3.05) is 6.79 Å². The molecule has 0 atom stereocenters. The van der Waals surface area contributed by atoms with Crippen LogP contribution in [0, 0.1) is 6.92 Å². The summed E-state index contributed by atoms with van der Waals surface area (Å²) >= 11 is 3.54. The quantitative estimate of drug-likeness (QED) is 0.368. The smallest absolute Gasteiger partial charge is 0.231 e. The van der Waals surface area contributed by atoms with Crippen molar-refractivity contribution >= 4 is 38.9 Å². The molecule has 4 aromatic rings. The largest absolute Gasteiger partial charge is 0.454 e. The second-order valence-electron chi connectivity index (χ2n) is 6.52. The molecule has 28 heavy (non-hydrogen) atoms. The average molecular weight is 435 g/mol. The lowest BCUT2D eigenvalue weighted by Gasteiger charge is -2.01. The van der Waals surface area contributed by atoms with Crippen molar-refractivity contribution in [3.63, 3.8) is 0 Å². The van der Waals surface area contributed by atoms with Crippen molar-refractivity contribution in [3.05, 3.63) is 70.2 Å². The Balaban J connectivity index is 1.45. The van der Waals surface area contributed by atoms with Crippen molar-refractivity contribution in [2.45, 2.75) is 6.92 Å². The molecule has 0 saturated carbocycles. The van der Waals surface area contributed by atoms with Crippen LogP contribution >= 0.6 is 15.9 Å². The first-order chi connectivity index (χ1) is 13.7. The number of aliphatic imine (C=N–C) groups is 1. The first kappa shape index (κ1) is 17.0. The summed E-state index contributed by atoms with van der Waals surface area (Å²) in [4.78, 5) is 9.18. The molecule has 138 valence electrons. The van der Waals surface area contributed by atoms with Crippen LogP contribution in [-0.4, -0.2) is 18.0 Å². The molecular weight excluding hydrogens is 420 g/mol. The minimum absolute atomic E-state index is 0.245. The van der Waals surface area contributed by atoms with Gasteiger partial charge in [-0.3, -0.25) is 4.99 Å². The van der Waals surface area contributed by atoms with Crippen molar-refractivity contribution in [1.29, 1.82) is 0 Å². The van der Waals surface area contributed by atoms with E-state index in [1.807, 2.05) is 54.6 Å². The first-order valence-corrected chi connectivity index (χ1v) is 9.56. The van der Waals surface area contributed by atoms with E-state index >= 15 is 0 Å². The van der Waals surface area contributed by atoms with Crippen LogP contribution in [0.25, 0.3) is 22.6 Å². The first-order valence-electron chi connectivity index (χ1n) is 8.76. The molecule has 0 spiro atoms. The van der Waals surface area contributed by atoms with Crippen molar-refractivity contribution in [3.8, 4) is 23.0 Å². The Labute approximate surface area is 169 Å². The zero-order chi connectivity index (χ0) is 19.1. The van der Waals surface area contributed by atoms with Gasteiger partial charge in [-0.05, 0) is 65.3 Å². The Bertz CT molecular complexity index is 1210. The fourth-order valence-electron chi connectivity index (χ4n) is 2.99. The maximum atomic E-state index is 5.88. The summed E-state index contributed by atoms with van der Waals surface area (Å²) in [5, 5.41) is 0. The lowest BCUT2D eigenvalue weighted by molar-refractivity contribution is 0.174. The number of aryl methyl sites for hydroxylation is 1. The molecule has 2 heterocycles. The molecule has 0 bridgehead atoms. The maximum absolute atomic E-state index is 5.88. The van der Waals surface area contributed by atoms with Gasteiger partial charge in [0.1, 0.15) is 5.52 Å². The summed E-state index contributed by atoms with van der Waals surface area (Å²) in [7, 11) is 0. The Morgan fingerprint density at radius 1 is 1.00 bits per heavy atom. The highest BCUT2D eigenvalue weighted by molar-refractivity contribution is 9.10. The molecule has 0 radical (unpaired) electrons. The van der Waals surface area contributed by atoms with Gasteiger partial charge >= 0.3 is 0 Å². The summed E-state index contributed by atoms with van der Waals surface area (Å²) in [6.45, 7) is 2.30. The van der Waals surface area contributed by atoms with E-state index in [9.17, 15) is 0 Å². The lowest BCUT2D eigenvalue weighted by Crippen LogP contribution is -1.92. The fraction of sp³-hybridized carbons (Fsp3) is 0.0909. The van der Waals surface area contributed by atoms with E-state index in [1.165, 1.54) is 5.56 Å². The summed E-state index contributed by atoms with van der Waals surface area (Å²) in [6.07, 6.45) is 1.79. The summed E-state index contributed by atoms with van der Waals surface area (Å²) in [5.74, 6) is 2.06. The fourth-order valence-corrected chi connectivity index (χ4v) is 3.42. The van der Waals surface area contributed by atoms with Gasteiger partial charge in [0.15, 0.2) is 17.1 Å². The van der Waals surface area contributed by atoms with E-state index in [0.717, 1.165) is 43.9 Å². The van der Waals surface area contributed by atoms with Gasteiger partial charge in [0.25, 0.3) is 0 Å². The summed E-state index contributed by atoms with van der Waals surface area (Å²) in [6, 6.07) is 17.6. The van der Waals surface area contributed by atoms with Gasteiger partial charge in [-0.25, -0.2) is 4.98 Å². The number of benzene rings is 3. The molecule has 5 rings (SSSR count). The Hall–Kier alpha value is -3.12. The van der Waals surface area contributed by atoms with Crippen LogP contribution in [-0.2, 0) is 0 Å². The Morgan fingerprint density at radius 2 is 1.79 bits per heavy atom. The number of halogens is 1. The highest BCUT2D eigenvalue weighted by Gasteiger charge is 2.15. The third-order valence-electron chi connectivity index (χ3n) is 4.51. The van der Waals surface area contributed by atoms with E-state index < -0.39 is 0 Å². The van der Waals surface area contributed by atoms with Gasteiger partial charge in [0.05, 0.1) is 5.69 Å². The van der Waals surface area contributed by atoms with E-state index in [-0.39, 0.29) is 6.79 Å². The number of nitrogens with zero attached hydrogens (tertiary/aromatic N) is 2. The predicted octanol–water partition coefficient (Wildman–Crippen LogP) is 6.05. The number of hydrogen-bond donors (Lipinski definition) is 0. The van der Waals surface area contributed by atoms with Gasteiger partial charge in [0.2, 0.25) is 12.7 Å². The van der Waals surface area contributed by atoms with Crippen LogP contribution in [0.2, 0.25) is 0 Å². The molecule has 0 amide bonds. The molecule has 0 unspecified atom stereocenters. The number of ether oxygens (including phenoxy) is 2. The number of fused-ring (bicyclic) bond motifs is 2. The molecule has 1 aliphatic rings. The molecule has 5 nitrogen and oxygen atoms in total. The van der Waals surface area contributed by atoms with Crippen molar-refractivity contribution < 1.29 is 13.9 Å². The summed E-state index contributed by atoms with van der Waals surface area (Å²) < 4.78 is 17.6. The zero-order valence-electron chi connectivity index (χ0n) is 15.0. The molecule has 1 aromatic heterocycles. The van der Waals surface area contributed by atoms with Crippen LogP contribution in [0.4, 0.5) is 5.69 Å². The zero-order valence-corrected chi connectivity index (χ0v) is 16.6. The molecule has 0 saturated heterocycles. The second kappa shape index (κ2) is 6.80. The number of rotatable bonds is 3. The third kappa shape index (κ3) is 3.16. The van der Waals surface area contributed by atoms with Crippen LogP contribution in [0.3, 0.4) is 0 Å². The monoisotopic (exact) mass is 434 g/mol. The van der Waals surface area contributed by atoms with Gasteiger partial charge in [-0.1, -0.05) is 17.7 Å². The molecule has 0 aliphatic carbocycles. The van der Waals surface area contributed by atoms with Crippen LogP contribution < -0.4 is 9.47 Å². The van der Waals surface area contributed by atoms with Crippen LogP contribution in [0.15, 0.2) is 68.5 Å². The minimum atomic E-state index is 0.245. The molecule has 0 fully saturated rings. The van der Waals surface area contributed by atoms with Gasteiger partial charge in [-0.15, -0.1) is 0 Å². The van der Waals surface area contributed by atoms with Gasteiger partial charge in [0, 0.05) is 21.8 Å². The Kier molecular flexibility index (Phi) is 4.13. The molecule has 1 aliphatic heterocycles. The van der Waals surface area contributed by atoms with Crippen LogP contribution in [0.5, 0.6) is 11.5 Å². The standard InChI is InChI=1S/C22H15BrN2O3/c1-13-2-4-14(5-3-13)22-25-18-9-16(6-7-19(18)28-22)24-11-15-8-20-21(10-17(15)23)27-12-26-20/h2-11H,12H2,1H3. The predicted molar refractivity (Wildman–Crippen MR) is 112 cm³/mol.